The van der Waals surface area contributed by atoms with E-state index >= 15 is 0 Å². The second kappa shape index (κ2) is 6.19. The number of nitriles is 1. The molecular weight excluding hydrogens is 320 g/mol. The Labute approximate surface area is 119 Å². The number of nitrogens with zero attached hydrogens (tertiary/aromatic N) is 1. The van der Waals surface area contributed by atoms with Crippen molar-refractivity contribution in [2.45, 2.75) is 44.2 Å². The van der Waals surface area contributed by atoms with Crippen LogP contribution in [0.15, 0.2) is 10.5 Å². The first kappa shape index (κ1) is 13.4. The van der Waals surface area contributed by atoms with Crippen molar-refractivity contribution in [3.05, 3.63) is 19.8 Å². The third-order valence-corrected chi connectivity index (χ3v) is 5.62. The van der Waals surface area contributed by atoms with Crippen LogP contribution < -0.4 is 5.32 Å². The first-order chi connectivity index (χ1) is 8.20. The van der Waals surface area contributed by atoms with Gasteiger partial charge in [0.05, 0.1) is 6.07 Å². The Bertz CT molecular complexity index is 401. The molecule has 1 heterocycles. The molecule has 2 nitrogen and oxygen atoms in total. The molecule has 1 N–H and O–H groups in total. The van der Waals surface area contributed by atoms with Gasteiger partial charge >= 0.3 is 0 Å². The Morgan fingerprint density at radius 3 is 2.71 bits per heavy atom. The molecule has 92 valence electrons. The zero-order chi connectivity index (χ0) is 12.3. The molecule has 5 heteroatoms. The fourth-order valence-electron chi connectivity index (χ4n) is 2.19. The highest BCUT2D eigenvalue weighted by atomic mass is 79.9. The predicted octanol–water partition coefficient (Wildman–Crippen LogP) is 4.65. The third-order valence-electron chi connectivity index (χ3n) is 3.09. The molecule has 1 aromatic rings. The number of hydrogen-bond acceptors (Lipinski definition) is 3. The molecule has 1 saturated carbocycles. The Morgan fingerprint density at radius 1 is 1.47 bits per heavy atom. The summed E-state index contributed by atoms with van der Waals surface area (Å²) < 4.78 is 1.59. The van der Waals surface area contributed by atoms with Crippen molar-refractivity contribution in [2.75, 3.05) is 0 Å². The van der Waals surface area contributed by atoms with E-state index in [0.717, 1.165) is 9.35 Å². The predicted molar refractivity (Wildman–Crippen MR) is 75.4 cm³/mol. The standard InChI is InChI=1S/C12H14BrClN2S/c13-9-6-11(17-12(9)14)10(7-15)16-8-4-2-1-3-5-8/h6,8,10,16H,1-5H2. The number of thiophene rings is 1. The van der Waals surface area contributed by atoms with Crippen molar-refractivity contribution in [1.29, 1.82) is 5.26 Å². The van der Waals surface area contributed by atoms with Crippen LogP contribution in [0.3, 0.4) is 0 Å². The van der Waals surface area contributed by atoms with Crippen LogP contribution in [0, 0.1) is 11.3 Å². The molecule has 0 aliphatic heterocycles. The average molecular weight is 334 g/mol. The van der Waals surface area contributed by atoms with Gasteiger partial charge in [-0.2, -0.15) is 5.26 Å². The minimum Gasteiger partial charge on any atom is -0.295 e. The molecule has 1 fully saturated rings. The second-order valence-corrected chi connectivity index (χ2v) is 6.87. The first-order valence-corrected chi connectivity index (χ1v) is 7.80. The SMILES string of the molecule is N#CC(NC1CCCCC1)c1cc(Br)c(Cl)s1. The number of hydrogen-bond donors (Lipinski definition) is 1. The van der Waals surface area contributed by atoms with Gasteiger partial charge in [-0.1, -0.05) is 30.9 Å². The molecule has 1 aliphatic carbocycles. The lowest BCUT2D eigenvalue weighted by Gasteiger charge is -2.24. The van der Waals surface area contributed by atoms with Gasteiger partial charge in [0.2, 0.25) is 0 Å². The van der Waals surface area contributed by atoms with Gasteiger partial charge in [0.25, 0.3) is 0 Å². The van der Waals surface area contributed by atoms with E-state index in [1.165, 1.54) is 43.4 Å². The highest BCUT2D eigenvalue weighted by molar-refractivity contribution is 9.10. The van der Waals surface area contributed by atoms with E-state index < -0.39 is 0 Å². The molecule has 2 rings (SSSR count). The van der Waals surface area contributed by atoms with E-state index in [9.17, 15) is 5.26 Å². The summed E-state index contributed by atoms with van der Waals surface area (Å²) in [5, 5.41) is 12.7. The fraction of sp³-hybridized carbons (Fsp3) is 0.583. The monoisotopic (exact) mass is 332 g/mol. The zero-order valence-corrected chi connectivity index (χ0v) is 12.5. The molecule has 1 aromatic heterocycles. The van der Waals surface area contributed by atoms with E-state index in [1.54, 1.807) is 0 Å². The Kier molecular flexibility index (Phi) is 4.87. The summed E-state index contributed by atoms with van der Waals surface area (Å²) in [5.74, 6) is 0. The first-order valence-electron chi connectivity index (χ1n) is 5.81. The van der Waals surface area contributed by atoms with Gasteiger partial charge in [-0.25, -0.2) is 0 Å². The number of rotatable bonds is 3. The van der Waals surface area contributed by atoms with E-state index in [4.69, 9.17) is 11.6 Å². The lowest BCUT2D eigenvalue weighted by molar-refractivity contribution is 0.361. The van der Waals surface area contributed by atoms with Crippen LogP contribution in [-0.2, 0) is 0 Å². The summed E-state index contributed by atoms with van der Waals surface area (Å²) in [7, 11) is 0. The van der Waals surface area contributed by atoms with E-state index in [2.05, 4.69) is 27.3 Å². The highest BCUT2D eigenvalue weighted by Crippen LogP contribution is 2.35. The van der Waals surface area contributed by atoms with Crippen LogP contribution in [0.4, 0.5) is 0 Å². The van der Waals surface area contributed by atoms with Crippen LogP contribution in [0.2, 0.25) is 4.34 Å². The molecule has 0 spiro atoms. The molecular formula is C12H14BrClN2S. The van der Waals surface area contributed by atoms with Gasteiger partial charge in [-0.05, 0) is 34.8 Å². The number of halogens is 2. The summed E-state index contributed by atoms with van der Waals surface area (Å²) in [4.78, 5) is 0.995. The Morgan fingerprint density at radius 2 is 2.18 bits per heavy atom. The van der Waals surface area contributed by atoms with Gasteiger partial charge in [0, 0.05) is 15.4 Å². The molecule has 1 unspecified atom stereocenters. The van der Waals surface area contributed by atoms with E-state index in [1.807, 2.05) is 6.07 Å². The Balaban J connectivity index is 2.03. The minimum atomic E-state index is -0.230. The fourth-order valence-corrected chi connectivity index (χ4v) is 3.94. The molecule has 0 amide bonds. The van der Waals surface area contributed by atoms with E-state index in [-0.39, 0.29) is 6.04 Å². The molecule has 0 bridgehead atoms. The summed E-state index contributed by atoms with van der Waals surface area (Å²) in [6.45, 7) is 0. The minimum absolute atomic E-state index is 0.230. The van der Waals surface area contributed by atoms with Crippen LogP contribution >= 0.6 is 38.9 Å². The smallest absolute Gasteiger partial charge is 0.130 e. The van der Waals surface area contributed by atoms with Crippen molar-refractivity contribution >= 4 is 38.9 Å². The molecule has 0 radical (unpaired) electrons. The quantitative estimate of drug-likeness (QED) is 0.874. The molecule has 0 aromatic carbocycles. The van der Waals surface area contributed by atoms with Crippen molar-refractivity contribution in [2.24, 2.45) is 0 Å². The summed E-state index contributed by atoms with van der Waals surface area (Å²) in [6.07, 6.45) is 6.22. The lowest BCUT2D eigenvalue weighted by atomic mass is 9.95. The molecule has 0 saturated heterocycles. The number of nitrogens with one attached hydrogen (secondary N) is 1. The van der Waals surface area contributed by atoms with Gasteiger partial charge in [0.15, 0.2) is 0 Å². The van der Waals surface area contributed by atoms with Crippen molar-refractivity contribution in [3.8, 4) is 6.07 Å². The van der Waals surface area contributed by atoms with Crippen molar-refractivity contribution in [3.63, 3.8) is 0 Å². The van der Waals surface area contributed by atoms with Crippen molar-refractivity contribution < 1.29 is 0 Å². The molecule has 1 atom stereocenters. The highest BCUT2D eigenvalue weighted by Gasteiger charge is 2.21. The molecule has 17 heavy (non-hydrogen) atoms. The maximum absolute atomic E-state index is 9.25. The largest absolute Gasteiger partial charge is 0.295 e. The van der Waals surface area contributed by atoms with Crippen LogP contribution in [0.5, 0.6) is 0 Å². The third kappa shape index (κ3) is 3.45. The van der Waals surface area contributed by atoms with Crippen LogP contribution in [-0.4, -0.2) is 6.04 Å². The van der Waals surface area contributed by atoms with Gasteiger partial charge in [0.1, 0.15) is 10.4 Å². The maximum atomic E-state index is 9.25. The van der Waals surface area contributed by atoms with Gasteiger partial charge in [-0.3, -0.25) is 5.32 Å². The Hall–Kier alpha value is -0.0800. The summed E-state index contributed by atoms with van der Waals surface area (Å²) in [5.41, 5.74) is 0. The van der Waals surface area contributed by atoms with Crippen molar-refractivity contribution in [1.82, 2.24) is 5.32 Å². The summed E-state index contributed by atoms with van der Waals surface area (Å²) in [6, 6.07) is 4.52. The van der Waals surface area contributed by atoms with E-state index in [0.29, 0.717) is 10.4 Å². The average Bonchev–Trinajstić information content (AvgIpc) is 2.68. The lowest BCUT2D eigenvalue weighted by Crippen LogP contribution is -2.33. The van der Waals surface area contributed by atoms with Crippen LogP contribution in [0.1, 0.15) is 43.0 Å². The normalized spacial score (nSPS) is 18.9. The second-order valence-electron chi connectivity index (χ2n) is 4.33. The molecule has 1 aliphatic rings. The van der Waals surface area contributed by atoms with Gasteiger partial charge in [-0.15, -0.1) is 11.3 Å². The topological polar surface area (TPSA) is 35.8 Å². The van der Waals surface area contributed by atoms with Gasteiger partial charge < -0.3 is 0 Å². The summed E-state index contributed by atoms with van der Waals surface area (Å²) >= 11 is 10.9. The van der Waals surface area contributed by atoms with Crippen LogP contribution in [0.25, 0.3) is 0 Å². The zero-order valence-electron chi connectivity index (χ0n) is 9.38. The maximum Gasteiger partial charge on any atom is 0.130 e.